The Labute approximate surface area is 185 Å². The van der Waals surface area contributed by atoms with Gasteiger partial charge < -0.3 is 9.80 Å². The second kappa shape index (κ2) is 8.03. The summed E-state index contributed by atoms with van der Waals surface area (Å²) >= 11 is 3.45. The van der Waals surface area contributed by atoms with Crippen LogP contribution in [0.15, 0.2) is 59.3 Å². The molecule has 0 radical (unpaired) electrons. The Bertz CT molecular complexity index is 1250. The van der Waals surface area contributed by atoms with Crippen LogP contribution < -0.4 is 4.90 Å². The molecule has 1 aliphatic rings. The smallest absolute Gasteiger partial charge is 0.255 e. The van der Waals surface area contributed by atoms with Gasteiger partial charge in [-0.3, -0.25) is 4.79 Å². The van der Waals surface area contributed by atoms with Gasteiger partial charge in [-0.1, -0.05) is 17.3 Å². The summed E-state index contributed by atoms with van der Waals surface area (Å²) in [6, 6.07) is 13.4. The van der Waals surface area contributed by atoms with Gasteiger partial charge in [-0.05, 0) is 52.3 Å². The molecule has 2 aromatic carbocycles. The van der Waals surface area contributed by atoms with Gasteiger partial charge in [0.15, 0.2) is 17.0 Å². The fourth-order valence-electron chi connectivity index (χ4n) is 3.65. The van der Waals surface area contributed by atoms with Crippen molar-refractivity contribution in [2.75, 3.05) is 31.1 Å². The van der Waals surface area contributed by atoms with E-state index >= 15 is 0 Å². The Hall–Kier alpha value is -3.40. The topological polar surface area (TPSA) is 80.0 Å². The molecule has 0 N–H and O–H groups in total. The van der Waals surface area contributed by atoms with Gasteiger partial charge in [0.2, 0.25) is 0 Å². The molecule has 5 rings (SSSR count). The predicted octanol–water partition coefficient (Wildman–Crippen LogP) is 3.07. The second-order valence-electron chi connectivity index (χ2n) is 7.11. The molecule has 156 valence electrons. The van der Waals surface area contributed by atoms with Crippen LogP contribution in [0.25, 0.3) is 16.9 Å². The third kappa shape index (κ3) is 3.63. The van der Waals surface area contributed by atoms with Crippen molar-refractivity contribution >= 4 is 38.8 Å². The molecule has 31 heavy (non-hydrogen) atoms. The maximum atomic E-state index is 13.3. The SMILES string of the molecule is O=C(c1ccccc1Br)N1CCN(c2ncnc3c2nnn3-c2ccc(F)cc2)CC1. The molecule has 0 saturated carbocycles. The van der Waals surface area contributed by atoms with E-state index in [0.717, 1.165) is 4.47 Å². The van der Waals surface area contributed by atoms with Crippen LogP contribution in [0.1, 0.15) is 10.4 Å². The number of halogens is 2. The fraction of sp³-hybridized carbons (Fsp3) is 0.190. The largest absolute Gasteiger partial charge is 0.351 e. The number of aromatic nitrogens is 5. The molecule has 1 saturated heterocycles. The Morgan fingerprint density at radius 2 is 1.71 bits per heavy atom. The lowest BCUT2D eigenvalue weighted by atomic mass is 10.2. The van der Waals surface area contributed by atoms with Crippen molar-refractivity contribution in [2.45, 2.75) is 0 Å². The maximum absolute atomic E-state index is 13.3. The number of hydrogen-bond acceptors (Lipinski definition) is 6. The number of amides is 1. The summed E-state index contributed by atoms with van der Waals surface area (Å²) in [5.74, 6) is 0.354. The summed E-state index contributed by atoms with van der Waals surface area (Å²) in [5, 5.41) is 8.46. The quantitative estimate of drug-likeness (QED) is 0.447. The monoisotopic (exact) mass is 481 g/mol. The number of rotatable bonds is 3. The highest BCUT2D eigenvalue weighted by Crippen LogP contribution is 2.25. The molecule has 4 aromatic rings. The zero-order valence-corrected chi connectivity index (χ0v) is 17.9. The Balaban J connectivity index is 1.37. The minimum Gasteiger partial charge on any atom is -0.351 e. The van der Waals surface area contributed by atoms with E-state index in [1.807, 2.05) is 29.2 Å². The minimum absolute atomic E-state index is 0.00205. The first-order valence-corrected chi connectivity index (χ1v) is 10.5. The molecule has 8 nitrogen and oxygen atoms in total. The van der Waals surface area contributed by atoms with Crippen molar-refractivity contribution in [3.8, 4) is 5.69 Å². The van der Waals surface area contributed by atoms with Crippen LogP contribution in [0.3, 0.4) is 0 Å². The first-order valence-electron chi connectivity index (χ1n) is 9.73. The van der Waals surface area contributed by atoms with E-state index in [1.54, 1.807) is 16.8 Å². The van der Waals surface area contributed by atoms with Gasteiger partial charge in [0.1, 0.15) is 12.1 Å². The number of piperazine rings is 1. The normalized spacial score (nSPS) is 14.3. The van der Waals surface area contributed by atoms with Crippen molar-refractivity contribution in [1.82, 2.24) is 29.9 Å². The lowest BCUT2D eigenvalue weighted by Crippen LogP contribution is -2.49. The van der Waals surface area contributed by atoms with E-state index in [2.05, 4.69) is 41.1 Å². The molecule has 0 aliphatic carbocycles. The van der Waals surface area contributed by atoms with Crippen LogP contribution in [0.2, 0.25) is 0 Å². The summed E-state index contributed by atoms with van der Waals surface area (Å²) in [7, 11) is 0. The number of fused-ring (bicyclic) bond motifs is 1. The molecule has 1 fully saturated rings. The molecule has 0 atom stereocenters. The van der Waals surface area contributed by atoms with Crippen LogP contribution in [0.5, 0.6) is 0 Å². The summed E-state index contributed by atoms with van der Waals surface area (Å²) in [6.07, 6.45) is 1.47. The number of hydrogen-bond donors (Lipinski definition) is 0. The van der Waals surface area contributed by atoms with Gasteiger partial charge in [0.25, 0.3) is 5.91 Å². The third-order valence-corrected chi connectivity index (χ3v) is 5.95. The van der Waals surface area contributed by atoms with E-state index in [0.29, 0.717) is 54.4 Å². The zero-order chi connectivity index (χ0) is 21.4. The van der Waals surface area contributed by atoms with Crippen molar-refractivity contribution in [3.63, 3.8) is 0 Å². The number of carbonyl (C=O) groups excluding carboxylic acids is 1. The Kier molecular flexibility index (Phi) is 5.06. The Morgan fingerprint density at radius 1 is 0.968 bits per heavy atom. The molecule has 2 aromatic heterocycles. The molecule has 1 aliphatic heterocycles. The molecule has 3 heterocycles. The molecule has 1 amide bonds. The summed E-state index contributed by atoms with van der Waals surface area (Å²) in [4.78, 5) is 25.5. The van der Waals surface area contributed by atoms with Crippen molar-refractivity contribution in [2.24, 2.45) is 0 Å². The number of anilines is 1. The van der Waals surface area contributed by atoms with E-state index < -0.39 is 0 Å². The van der Waals surface area contributed by atoms with Crippen LogP contribution in [-0.2, 0) is 0 Å². The Morgan fingerprint density at radius 3 is 2.45 bits per heavy atom. The van der Waals surface area contributed by atoms with E-state index in [9.17, 15) is 9.18 Å². The van der Waals surface area contributed by atoms with Gasteiger partial charge in [0.05, 0.1) is 11.3 Å². The van der Waals surface area contributed by atoms with Crippen molar-refractivity contribution in [3.05, 3.63) is 70.7 Å². The highest BCUT2D eigenvalue weighted by Gasteiger charge is 2.26. The molecular weight excluding hydrogens is 465 g/mol. The average molecular weight is 482 g/mol. The second-order valence-corrected chi connectivity index (χ2v) is 7.96. The van der Waals surface area contributed by atoms with Crippen LogP contribution in [-0.4, -0.2) is 61.9 Å². The summed E-state index contributed by atoms with van der Waals surface area (Å²) in [6.45, 7) is 2.37. The number of carbonyl (C=O) groups is 1. The van der Waals surface area contributed by atoms with Crippen LogP contribution >= 0.6 is 15.9 Å². The number of nitrogens with zero attached hydrogens (tertiary/aromatic N) is 7. The molecule has 10 heteroatoms. The molecule has 0 bridgehead atoms. The lowest BCUT2D eigenvalue weighted by molar-refractivity contribution is 0.0745. The van der Waals surface area contributed by atoms with Gasteiger partial charge >= 0.3 is 0 Å². The summed E-state index contributed by atoms with van der Waals surface area (Å²) < 4.78 is 15.6. The van der Waals surface area contributed by atoms with Crippen molar-refractivity contribution < 1.29 is 9.18 Å². The zero-order valence-electron chi connectivity index (χ0n) is 16.3. The first kappa shape index (κ1) is 19.6. The summed E-state index contributed by atoms with van der Waals surface area (Å²) in [5.41, 5.74) is 2.43. The van der Waals surface area contributed by atoms with Gasteiger partial charge in [-0.15, -0.1) is 5.10 Å². The van der Waals surface area contributed by atoms with E-state index in [1.165, 1.54) is 18.5 Å². The number of benzene rings is 2. The average Bonchev–Trinajstić information content (AvgIpc) is 3.24. The van der Waals surface area contributed by atoms with Gasteiger partial charge in [0, 0.05) is 30.7 Å². The first-order chi connectivity index (χ1) is 15.1. The fourth-order valence-corrected chi connectivity index (χ4v) is 4.11. The van der Waals surface area contributed by atoms with Crippen LogP contribution in [0, 0.1) is 5.82 Å². The predicted molar refractivity (Wildman–Crippen MR) is 117 cm³/mol. The highest BCUT2D eigenvalue weighted by molar-refractivity contribution is 9.10. The van der Waals surface area contributed by atoms with Gasteiger partial charge in [-0.25, -0.2) is 14.4 Å². The lowest BCUT2D eigenvalue weighted by Gasteiger charge is -2.35. The standard InChI is InChI=1S/C21H17BrFN7O/c22-17-4-2-1-3-16(17)21(31)29-11-9-28(10-12-29)19-18-20(25-13-24-19)30(27-26-18)15-7-5-14(23)6-8-15/h1-8,13H,9-12H2. The van der Waals surface area contributed by atoms with Crippen LogP contribution in [0.4, 0.5) is 10.2 Å². The maximum Gasteiger partial charge on any atom is 0.255 e. The van der Waals surface area contributed by atoms with E-state index in [4.69, 9.17) is 0 Å². The van der Waals surface area contributed by atoms with Crippen molar-refractivity contribution in [1.29, 1.82) is 0 Å². The minimum atomic E-state index is -0.321. The van der Waals surface area contributed by atoms with E-state index in [-0.39, 0.29) is 11.7 Å². The third-order valence-electron chi connectivity index (χ3n) is 5.26. The van der Waals surface area contributed by atoms with Gasteiger partial charge in [-0.2, -0.15) is 4.68 Å². The molecule has 0 spiro atoms. The highest BCUT2D eigenvalue weighted by atomic mass is 79.9. The molecular formula is C21H17BrFN7O. The molecule has 0 unspecified atom stereocenters.